The Balaban J connectivity index is 1.97. The van der Waals surface area contributed by atoms with Crippen LogP contribution in [0.2, 0.25) is 0 Å². The highest BCUT2D eigenvalue weighted by Crippen LogP contribution is 2.54. The van der Waals surface area contributed by atoms with Crippen LogP contribution < -0.4 is 0 Å². The van der Waals surface area contributed by atoms with Crippen molar-refractivity contribution in [1.29, 1.82) is 0 Å². The molecule has 0 aromatic carbocycles. The number of carbonyl (C=O) groups is 1. The maximum absolute atomic E-state index is 11.1. The first-order valence-corrected chi connectivity index (χ1v) is 4.54. The lowest BCUT2D eigenvalue weighted by Gasteiger charge is -2.18. The van der Waals surface area contributed by atoms with Gasteiger partial charge in [0, 0.05) is 12.8 Å². The maximum atomic E-state index is 11.1. The van der Waals surface area contributed by atoms with Gasteiger partial charge in [-0.2, -0.15) is 0 Å². The van der Waals surface area contributed by atoms with Crippen LogP contribution in [0.25, 0.3) is 0 Å². The van der Waals surface area contributed by atoms with E-state index in [0.717, 1.165) is 36.5 Å². The monoisotopic (exact) mass is 148 g/mol. The molecule has 3 rings (SSSR count). The number of carbonyl (C=O) groups excluding carboxylic acids is 1. The summed E-state index contributed by atoms with van der Waals surface area (Å²) in [5.41, 5.74) is 0. The van der Waals surface area contributed by atoms with Gasteiger partial charge in [0.25, 0.3) is 0 Å². The second-order valence-electron chi connectivity index (χ2n) is 4.22. The molecular weight excluding hydrogens is 136 g/mol. The van der Waals surface area contributed by atoms with E-state index >= 15 is 0 Å². The van der Waals surface area contributed by atoms with Gasteiger partial charge in [-0.1, -0.05) is 12.2 Å². The van der Waals surface area contributed by atoms with Crippen molar-refractivity contribution in [3.8, 4) is 0 Å². The van der Waals surface area contributed by atoms with Gasteiger partial charge in [-0.05, 0) is 30.1 Å². The van der Waals surface area contributed by atoms with Gasteiger partial charge in [0.05, 0.1) is 0 Å². The zero-order chi connectivity index (χ0) is 7.42. The van der Waals surface area contributed by atoms with E-state index in [4.69, 9.17) is 0 Å². The summed E-state index contributed by atoms with van der Waals surface area (Å²) in [6.45, 7) is 0. The average molecular weight is 148 g/mol. The Hall–Kier alpha value is -0.590. The molecule has 0 aromatic heterocycles. The van der Waals surface area contributed by atoms with E-state index in [1.807, 2.05) is 0 Å². The van der Waals surface area contributed by atoms with Crippen molar-refractivity contribution in [1.82, 2.24) is 0 Å². The molecule has 0 saturated heterocycles. The van der Waals surface area contributed by atoms with Crippen LogP contribution >= 0.6 is 0 Å². The van der Waals surface area contributed by atoms with Gasteiger partial charge in [0.1, 0.15) is 5.78 Å². The third-order valence-electron chi connectivity index (χ3n) is 3.73. The molecule has 0 amide bonds. The topological polar surface area (TPSA) is 17.1 Å². The molecule has 0 radical (unpaired) electrons. The molecule has 3 aliphatic carbocycles. The summed E-state index contributed by atoms with van der Waals surface area (Å²) in [7, 11) is 0. The largest absolute Gasteiger partial charge is 0.300 e. The first kappa shape index (κ1) is 5.99. The fraction of sp³-hybridized carbons (Fsp3) is 0.700. The van der Waals surface area contributed by atoms with Crippen molar-refractivity contribution in [3.05, 3.63) is 12.2 Å². The van der Waals surface area contributed by atoms with E-state index in [2.05, 4.69) is 12.2 Å². The molecule has 3 aliphatic rings. The normalized spacial score (nSPS) is 52.2. The SMILES string of the molecule is O=C1C[C@@H]2[C@H](C1)[C@H]1C=C[C@@H]2C1. The summed E-state index contributed by atoms with van der Waals surface area (Å²) in [6, 6.07) is 0. The first-order chi connectivity index (χ1) is 5.34. The predicted molar refractivity (Wildman–Crippen MR) is 42.0 cm³/mol. The van der Waals surface area contributed by atoms with E-state index in [1.165, 1.54) is 6.42 Å². The Morgan fingerprint density at radius 2 is 1.64 bits per heavy atom. The average Bonchev–Trinajstić information content (AvgIpc) is 2.53. The highest BCUT2D eigenvalue weighted by atomic mass is 16.1. The summed E-state index contributed by atoms with van der Waals surface area (Å²) >= 11 is 0. The van der Waals surface area contributed by atoms with Gasteiger partial charge in [-0.25, -0.2) is 0 Å². The molecule has 2 saturated carbocycles. The molecule has 1 heteroatoms. The number of rotatable bonds is 0. The second-order valence-corrected chi connectivity index (χ2v) is 4.22. The van der Waals surface area contributed by atoms with Crippen molar-refractivity contribution in [2.24, 2.45) is 23.7 Å². The molecule has 4 atom stereocenters. The molecule has 0 spiro atoms. The fourth-order valence-corrected chi connectivity index (χ4v) is 3.24. The third kappa shape index (κ3) is 0.640. The number of allylic oxidation sites excluding steroid dienone is 2. The van der Waals surface area contributed by atoms with E-state index in [1.54, 1.807) is 0 Å². The zero-order valence-corrected chi connectivity index (χ0v) is 6.49. The number of hydrogen-bond donors (Lipinski definition) is 0. The number of fused-ring (bicyclic) bond motifs is 5. The lowest BCUT2D eigenvalue weighted by Crippen LogP contribution is -2.12. The van der Waals surface area contributed by atoms with Crippen LogP contribution in [0.1, 0.15) is 19.3 Å². The second kappa shape index (κ2) is 1.77. The minimum absolute atomic E-state index is 0.512. The minimum atomic E-state index is 0.512. The zero-order valence-electron chi connectivity index (χ0n) is 6.49. The molecule has 1 nitrogen and oxygen atoms in total. The Labute approximate surface area is 66.5 Å². The molecule has 0 unspecified atom stereocenters. The summed E-state index contributed by atoms with van der Waals surface area (Å²) in [4.78, 5) is 11.1. The molecule has 0 heterocycles. The molecule has 11 heavy (non-hydrogen) atoms. The van der Waals surface area contributed by atoms with Crippen molar-refractivity contribution in [2.45, 2.75) is 19.3 Å². The standard InChI is InChI=1S/C10H12O/c11-8-4-9-6-1-2-7(3-6)10(9)5-8/h1-2,6-7,9-10H,3-5H2/t6-,7+,9+,10-. The van der Waals surface area contributed by atoms with Crippen LogP contribution in [0.15, 0.2) is 12.2 Å². The Kier molecular flexibility index (Phi) is 0.961. The number of ketones is 1. The Morgan fingerprint density at radius 3 is 2.18 bits per heavy atom. The van der Waals surface area contributed by atoms with E-state index in [-0.39, 0.29) is 0 Å². The molecule has 0 aliphatic heterocycles. The van der Waals surface area contributed by atoms with Gasteiger partial charge < -0.3 is 0 Å². The van der Waals surface area contributed by atoms with E-state index in [9.17, 15) is 4.79 Å². The lowest BCUT2D eigenvalue weighted by atomic mass is 9.86. The minimum Gasteiger partial charge on any atom is -0.300 e. The molecular formula is C10H12O. The van der Waals surface area contributed by atoms with Crippen molar-refractivity contribution in [3.63, 3.8) is 0 Å². The highest BCUT2D eigenvalue weighted by molar-refractivity contribution is 5.81. The highest BCUT2D eigenvalue weighted by Gasteiger charge is 2.49. The first-order valence-electron chi connectivity index (χ1n) is 4.54. The molecule has 2 fully saturated rings. The summed E-state index contributed by atoms with van der Waals surface area (Å²) in [5, 5.41) is 0. The summed E-state index contributed by atoms with van der Waals surface area (Å²) < 4.78 is 0. The van der Waals surface area contributed by atoms with Crippen molar-refractivity contribution < 1.29 is 4.79 Å². The van der Waals surface area contributed by atoms with Crippen molar-refractivity contribution >= 4 is 5.78 Å². The van der Waals surface area contributed by atoms with Crippen LogP contribution in [0.5, 0.6) is 0 Å². The quantitative estimate of drug-likeness (QED) is 0.479. The van der Waals surface area contributed by atoms with Gasteiger partial charge in [0.15, 0.2) is 0 Å². The lowest BCUT2D eigenvalue weighted by molar-refractivity contribution is -0.118. The van der Waals surface area contributed by atoms with Crippen molar-refractivity contribution in [2.75, 3.05) is 0 Å². The van der Waals surface area contributed by atoms with Crippen LogP contribution in [0, 0.1) is 23.7 Å². The van der Waals surface area contributed by atoms with E-state index in [0.29, 0.717) is 5.78 Å². The molecule has 0 N–H and O–H groups in total. The van der Waals surface area contributed by atoms with Gasteiger partial charge in [-0.15, -0.1) is 0 Å². The molecule has 2 bridgehead atoms. The summed E-state index contributed by atoms with van der Waals surface area (Å²) in [6.07, 6.45) is 7.80. The van der Waals surface area contributed by atoms with Crippen LogP contribution in [-0.4, -0.2) is 5.78 Å². The van der Waals surface area contributed by atoms with Gasteiger partial charge in [-0.3, -0.25) is 4.79 Å². The number of hydrogen-bond acceptors (Lipinski definition) is 1. The van der Waals surface area contributed by atoms with Crippen LogP contribution in [-0.2, 0) is 4.79 Å². The van der Waals surface area contributed by atoms with Gasteiger partial charge >= 0.3 is 0 Å². The summed E-state index contributed by atoms with van der Waals surface area (Å²) in [5.74, 6) is 3.56. The molecule has 0 aromatic rings. The smallest absolute Gasteiger partial charge is 0.133 e. The fourth-order valence-electron chi connectivity index (χ4n) is 3.24. The third-order valence-corrected chi connectivity index (χ3v) is 3.73. The molecule has 58 valence electrons. The van der Waals surface area contributed by atoms with Gasteiger partial charge in [0.2, 0.25) is 0 Å². The maximum Gasteiger partial charge on any atom is 0.133 e. The Morgan fingerprint density at radius 1 is 1.09 bits per heavy atom. The Bertz CT molecular complexity index is 219. The van der Waals surface area contributed by atoms with Crippen LogP contribution in [0.4, 0.5) is 0 Å². The number of Topliss-reactive ketones (excluding diaryl/α,β-unsaturated/α-hetero) is 1. The predicted octanol–water partition coefficient (Wildman–Crippen LogP) is 1.79. The van der Waals surface area contributed by atoms with E-state index < -0.39 is 0 Å². The van der Waals surface area contributed by atoms with Crippen LogP contribution in [0.3, 0.4) is 0 Å².